The van der Waals surface area contributed by atoms with Crippen molar-refractivity contribution < 1.29 is 29.9 Å². The maximum absolute atomic E-state index is 12.0. The standard InChI is InChI=1S/C22H21NO7/c24-10-16-18(25)19(26)17-21(30-22(16,17)28)29-14-5-3-11(4-6-14)13-2-1-12-7-8-23-20(27)15(12)9-13/h1-9,16-19,21,24-26,28H,10H2,(H,23,27). The first-order valence-corrected chi connectivity index (χ1v) is 9.68. The maximum atomic E-state index is 12.0. The molecule has 1 aliphatic heterocycles. The van der Waals surface area contributed by atoms with Crippen LogP contribution in [-0.2, 0) is 4.74 Å². The van der Waals surface area contributed by atoms with Crippen molar-refractivity contribution in [3.05, 3.63) is 65.1 Å². The monoisotopic (exact) mass is 411 g/mol. The van der Waals surface area contributed by atoms with Crippen LogP contribution >= 0.6 is 0 Å². The zero-order valence-corrected chi connectivity index (χ0v) is 15.8. The highest BCUT2D eigenvalue weighted by molar-refractivity contribution is 5.86. The predicted molar refractivity (Wildman–Crippen MR) is 107 cm³/mol. The molecule has 30 heavy (non-hydrogen) atoms. The highest BCUT2D eigenvalue weighted by Crippen LogP contribution is 2.52. The number of aliphatic hydroxyl groups is 4. The minimum absolute atomic E-state index is 0.151. The number of pyridine rings is 1. The number of aromatic amines is 1. The van der Waals surface area contributed by atoms with Crippen molar-refractivity contribution in [3.8, 4) is 16.9 Å². The number of hydrogen-bond acceptors (Lipinski definition) is 7. The molecule has 0 amide bonds. The summed E-state index contributed by atoms with van der Waals surface area (Å²) in [6.07, 6.45) is -1.89. The first-order valence-electron chi connectivity index (χ1n) is 9.68. The van der Waals surface area contributed by atoms with Gasteiger partial charge in [0.15, 0.2) is 5.79 Å². The second-order valence-electron chi connectivity index (χ2n) is 7.79. The molecule has 6 atom stereocenters. The van der Waals surface area contributed by atoms with E-state index in [-0.39, 0.29) is 5.56 Å². The average molecular weight is 411 g/mol. The third kappa shape index (κ3) is 2.77. The third-order valence-corrected chi connectivity index (χ3v) is 6.15. The normalized spacial score (nSPS) is 32.6. The van der Waals surface area contributed by atoms with E-state index in [0.29, 0.717) is 11.1 Å². The smallest absolute Gasteiger partial charge is 0.255 e. The van der Waals surface area contributed by atoms with Crippen molar-refractivity contribution in [1.82, 2.24) is 4.98 Å². The summed E-state index contributed by atoms with van der Waals surface area (Å²) >= 11 is 0. The van der Waals surface area contributed by atoms with E-state index in [1.807, 2.05) is 36.4 Å². The van der Waals surface area contributed by atoms with Gasteiger partial charge in [-0.15, -0.1) is 0 Å². The number of nitrogens with one attached hydrogen (secondary N) is 1. The van der Waals surface area contributed by atoms with Crippen LogP contribution < -0.4 is 10.3 Å². The fourth-order valence-electron chi connectivity index (χ4n) is 4.45. The molecule has 2 aliphatic rings. The lowest BCUT2D eigenvalue weighted by Gasteiger charge is -2.49. The zero-order chi connectivity index (χ0) is 21.0. The number of fused-ring (bicyclic) bond motifs is 2. The van der Waals surface area contributed by atoms with Crippen molar-refractivity contribution in [2.75, 3.05) is 6.61 Å². The van der Waals surface area contributed by atoms with Gasteiger partial charge in [-0.3, -0.25) is 4.79 Å². The average Bonchev–Trinajstić information content (AvgIpc) is 2.88. The number of rotatable bonds is 4. The molecular weight excluding hydrogens is 390 g/mol. The number of hydrogen-bond donors (Lipinski definition) is 5. The molecular formula is C22H21NO7. The van der Waals surface area contributed by atoms with Crippen LogP contribution in [0.4, 0.5) is 0 Å². The lowest BCUT2D eigenvalue weighted by atomic mass is 9.89. The fraction of sp³-hybridized carbons (Fsp3) is 0.318. The lowest BCUT2D eigenvalue weighted by molar-refractivity contribution is -0.422. The lowest BCUT2D eigenvalue weighted by Crippen LogP contribution is -2.64. The Morgan fingerprint density at radius 2 is 1.77 bits per heavy atom. The Kier molecular flexibility index (Phi) is 4.42. The zero-order valence-electron chi connectivity index (χ0n) is 15.8. The molecule has 1 aliphatic carbocycles. The van der Waals surface area contributed by atoms with Crippen LogP contribution in [0.2, 0.25) is 0 Å². The Bertz CT molecular complexity index is 1140. The molecule has 0 spiro atoms. The van der Waals surface area contributed by atoms with Crippen LogP contribution in [0.15, 0.2) is 59.5 Å². The van der Waals surface area contributed by atoms with Gasteiger partial charge in [0.05, 0.1) is 24.7 Å². The molecule has 2 fully saturated rings. The Balaban J connectivity index is 1.34. The summed E-state index contributed by atoms with van der Waals surface area (Å²) in [5.74, 6) is -3.21. The summed E-state index contributed by atoms with van der Waals surface area (Å²) in [6.45, 7) is -0.513. The van der Waals surface area contributed by atoms with E-state index in [4.69, 9.17) is 9.47 Å². The van der Waals surface area contributed by atoms with Gasteiger partial charge in [0, 0.05) is 11.6 Å². The Hall–Kier alpha value is -2.75. The SMILES string of the molecule is O=c1[nH]ccc2ccc(-c3ccc(OC4OC5(O)C(CO)C(O)C(O)C45)cc3)cc12. The Morgan fingerprint density at radius 1 is 1.03 bits per heavy atom. The van der Waals surface area contributed by atoms with E-state index in [2.05, 4.69) is 4.98 Å². The van der Waals surface area contributed by atoms with Gasteiger partial charge >= 0.3 is 0 Å². The van der Waals surface area contributed by atoms with E-state index in [1.165, 1.54) is 0 Å². The molecule has 2 aromatic carbocycles. The quantitative estimate of drug-likeness (QED) is 0.424. The summed E-state index contributed by atoms with van der Waals surface area (Å²) in [5.41, 5.74) is 1.61. The highest BCUT2D eigenvalue weighted by atomic mass is 16.8. The molecule has 0 radical (unpaired) electrons. The van der Waals surface area contributed by atoms with Crippen LogP contribution in [0.3, 0.4) is 0 Å². The Morgan fingerprint density at radius 3 is 2.50 bits per heavy atom. The van der Waals surface area contributed by atoms with Gasteiger partial charge in [0.1, 0.15) is 11.7 Å². The largest absolute Gasteiger partial charge is 0.464 e. The molecule has 156 valence electrons. The minimum Gasteiger partial charge on any atom is -0.464 e. The molecule has 1 saturated carbocycles. The van der Waals surface area contributed by atoms with Crippen molar-refractivity contribution in [2.45, 2.75) is 24.3 Å². The summed E-state index contributed by atoms with van der Waals surface area (Å²) < 4.78 is 11.1. The number of aliphatic hydroxyl groups excluding tert-OH is 3. The second-order valence-corrected chi connectivity index (χ2v) is 7.79. The molecule has 6 unspecified atom stereocenters. The van der Waals surface area contributed by atoms with Gasteiger partial charge in [-0.25, -0.2) is 0 Å². The van der Waals surface area contributed by atoms with Crippen molar-refractivity contribution in [2.24, 2.45) is 11.8 Å². The summed E-state index contributed by atoms with van der Waals surface area (Å²) in [4.78, 5) is 14.7. The minimum atomic E-state index is -1.81. The van der Waals surface area contributed by atoms with Gasteiger partial charge in [-0.05, 0) is 40.8 Å². The van der Waals surface area contributed by atoms with E-state index < -0.39 is 42.7 Å². The maximum Gasteiger partial charge on any atom is 0.255 e. The van der Waals surface area contributed by atoms with Crippen LogP contribution in [-0.4, -0.2) is 56.3 Å². The van der Waals surface area contributed by atoms with Gasteiger partial charge in [0.25, 0.3) is 5.56 Å². The van der Waals surface area contributed by atoms with Crippen LogP contribution in [0.5, 0.6) is 5.75 Å². The number of H-pyrrole nitrogens is 1. The molecule has 1 saturated heterocycles. The van der Waals surface area contributed by atoms with E-state index in [9.17, 15) is 25.2 Å². The van der Waals surface area contributed by atoms with Crippen molar-refractivity contribution in [3.63, 3.8) is 0 Å². The summed E-state index contributed by atoms with van der Waals surface area (Å²) in [5, 5.41) is 41.5. The predicted octanol–water partition coefficient (Wildman–Crippen LogP) is 0.579. The van der Waals surface area contributed by atoms with Gasteiger partial charge in [-0.2, -0.15) is 0 Å². The number of ether oxygens (including phenoxy) is 2. The number of benzene rings is 2. The van der Waals surface area contributed by atoms with E-state index in [1.54, 1.807) is 18.3 Å². The fourth-order valence-corrected chi connectivity index (χ4v) is 4.45. The van der Waals surface area contributed by atoms with E-state index >= 15 is 0 Å². The second kappa shape index (κ2) is 6.90. The summed E-state index contributed by atoms with van der Waals surface area (Å²) in [6, 6.07) is 14.6. The molecule has 8 heteroatoms. The summed E-state index contributed by atoms with van der Waals surface area (Å²) in [7, 11) is 0. The number of aromatic nitrogens is 1. The van der Waals surface area contributed by atoms with Gasteiger partial charge in [-0.1, -0.05) is 24.3 Å². The van der Waals surface area contributed by atoms with Crippen LogP contribution in [0.1, 0.15) is 0 Å². The molecule has 5 rings (SSSR count). The van der Waals surface area contributed by atoms with Crippen molar-refractivity contribution >= 4 is 10.8 Å². The molecule has 1 aromatic heterocycles. The first-order chi connectivity index (χ1) is 14.4. The Labute approximate surface area is 170 Å². The van der Waals surface area contributed by atoms with E-state index in [0.717, 1.165) is 16.5 Å². The molecule has 8 nitrogen and oxygen atoms in total. The van der Waals surface area contributed by atoms with Crippen LogP contribution in [0.25, 0.3) is 21.9 Å². The van der Waals surface area contributed by atoms with Crippen molar-refractivity contribution in [1.29, 1.82) is 0 Å². The van der Waals surface area contributed by atoms with Gasteiger partial charge in [0.2, 0.25) is 6.29 Å². The molecule has 0 bridgehead atoms. The highest BCUT2D eigenvalue weighted by Gasteiger charge is 2.71. The molecule has 3 aromatic rings. The van der Waals surface area contributed by atoms with Crippen LogP contribution in [0, 0.1) is 11.8 Å². The first kappa shape index (κ1) is 19.2. The molecule has 5 N–H and O–H groups in total. The topological polar surface area (TPSA) is 132 Å². The van der Waals surface area contributed by atoms with Gasteiger partial charge < -0.3 is 34.9 Å². The molecule has 2 heterocycles. The third-order valence-electron chi connectivity index (χ3n) is 6.15.